The molecule has 2 aliphatic rings. The van der Waals surface area contributed by atoms with Gasteiger partial charge in [0.25, 0.3) is 0 Å². The van der Waals surface area contributed by atoms with Crippen molar-refractivity contribution in [2.24, 2.45) is 5.92 Å². The van der Waals surface area contributed by atoms with Gasteiger partial charge in [-0.15, -0.1) is 0 Å². The first-order chi connectivity index (χ1) is 16.0. The summed E-state index contributed by atoms with van der Waals surface area (Å²) in [7, 11) is 1.33. The highest BCUT2D eigenvalue weighted by Crippen LogP contribution is 2.30. The number of carbonyl (C=O) groups is 2. The molecule has 1 saturated carbocycles. The number of esters is 1. The number of halogens is 1. The molecule has 176 valence electrons. The maximum absolute atomic E-state index is 12.7. The monoisotopic (exact) mass is 469 g/mol. The number of hydrogen-bond donors (Lipinski definition) is 2. The molecule has 2 aromatic carbocycles. The third kappa shape index (κ3) is 6.06. The van der Waals surface area contributed by atoms with Crippen molar-refractivity contribution in [3.8, 4) is 0 Å². The first-order valence-electron chi connectivity index (χ1n) is 11.8. The number of hydrogen-bond acceptors (Lipinski definition) is 4. The van der Waals surface area contributed by atoms with Crippen molar-refractivity contribution in [3.05, 3.63) is 64.7 Å². The molecule has 4 rings (SSSR count). The third-order valence-corrected chi connectivity index (χ3v) is 7.18. The molecule has 2 aromatic rings. The first kappa shape index (κ1) is 23.6. The van der Waals surface area contributed by atoms with Gasteiger partial charge in [-0.2, -0.15) is 0 Å². The van der Waals surface area contributed by atoms with Gasteiger partial charge >= 0.3 is 12.0 Å². The molecule has 1 aliphatic heterocycles. The summed E-state index contributed by atoms with van der Waals surface area (Å²) in [6.45, 7) is 2.13. The number of ether oxygens (including phenoxy) is 1. The Hall–Kier alpha value is -2.57. The topological polar surface area (TPSA) is 70.7 Å². The molecular weight excluding hydrogens is 438 g/mol. The average molecular weight is 470 g/mol. The lowest BCUT2D eigenvalue weighted by Crippen LogP contribution is -2.52. The number of urea groups is 1. The van der Waals surface area contributed by atoms with Crippen LogP contribution in [-0.4, -0.2) is 49.2 Å². The highest BCUT2D eigenvalue weighted by Gasteiger charge is 2.35. The summed E-state index contributed by atoms with van der Waals surface area (Å²) in [5.74, 6) is 0.222. The number of nitrogens with one attached hydrogen (secondary N) is 2. The van der Waals surface area contributed by atoms with Crippen LogP contribution in [0.5, 0.6) is 0 Å². The number of benzene rings is 2. The number of piperidine rings is 1. The predicted molar refractivity (Wildman–Crippen MR) is 131 cm³/mol. The summed E-state index contributed by atoms with van der Waals surface area (Å²) in [6.07, 6.45) is 6.63. The molecule has 6 nitrogen and oxygen atoms in total. The Morgan fingerprint density at radius 2 is 1.76 bits per heavy atom. The van der Waals surface area contributed by atoms with Crippen LogP contribution in [0.25, 0.3) is 0 Å². The summed E-state index contributed by atoms with van der Waals surface area (Å²) >= 11 is 6.01. The highest BCUT2D eigenvalue weighted by molar-refractivity contribution is 6.30. The van der Waals surface area contributed by atoms with Crippen molar-refractivity contribution in [2.45, 2.75) is 50.6 Å². The number of anilines is 1. The van der Waals surface area contributed by atoms with Crippen LogP contribution in [0.2, 0.25) is 5.02 Å². The Morgan fingerprint density at radius 3 is 2.48 bits per heavy atom. The molecule has 0 spiro atoms. The molecule has 2 N–H and O–H groups in total. The SMILES string of the molecule is COC(=O)c1ccccc1NC(=O)NC1CCCC1N1CCC(Cc2ccc(Cl)cc2)CC1. The van der Waals surface area contributed by atoms with E-state index in [9.17, 15) is 9.59 Å². The van der Waals surface area contributed by atoms with Crippen LogP contribution < -0.4 is 10.6 Å². The van der Waals surface area contributed by atoms with Crippen molar-refractivity contribution < 1.29 is 14.3 Å². The van der Waals surface area contributed by atoms with E-state index >= 15 is 0 Å². The average Bonchev–Trinajstić information content (AvgIpc) is 3.29. The normalized spacial score (nSPS) is 21.5. The highest BCUT2D eigenvalue weighted by atomic mass is 35.5. The van der Waals surface area contributed by atoms with Gasteiger partial charge in [0.1, 0.15) is 0 Å². The molecule has 1 heterocycles. The van der Waals surface area contributed by atoms with Crippen LogP contribution in [0.3, 0.4) is 0 Å². The van der Waals surface area contributed by atoms with E-state index in [1.165, 1.54) is 25.5 Å². The lowest BCUT2D eigenvalue weighted by Gasteiger charge is -2.38. The summed E-state index contributed by atoms with van der Waals surface area (Å²) in [5, 5.41) is 6.78. The van der Waals surface area contributed by atoms with Crippen LogP contribution in [0.4, 0.5) is 10.5 Å². The molecule has 2 atom stereocenters. The molecule has 1 aliphatic carbocycles. The smallest absolute Gasteiger partial charge is 0.339 e. The molecule has 0 aromatic heterocycles. The fourth-order valence-electron chi connectivity index (χ4n) is 5.20. The lowest BCUT2D eigenvalue weighted by atomic mass is 9.89. The van der Waals surface area contributed by atoms with Crippen molar-refractivity contribution in [1.82, 2.24) is 10.2 Å². The fourth-order valence-corrected chi connectivity index (χ4v) is 5.32. The molecule has 7 heteroatoms. The van der Waals surface area contributed by atoms with Crippen molar-refractivity contribution in [3.63, 3.8) is 0 Å². The van der Waals surface area contributed by atoms with Gasteiger partial charge in [0.2, 0.25) is 0 Å². The lowest BCUT2D eigenvalue weighted by molar-refractivity contribution is 0.0602. The summed E-state index contributed by atoms with van der Waals surface area (Å²) in [5.41, 5.74) is 2.16. The van der Waals surface area contributed by atoms with E-state index in [4.69, 9.17) is 16.3 Å². The third-order valence-electron chi connectivity index (χ3n) is 6.93. The Kier molecular flexibility index (Phi) is 7.89. The number of carbonyl (C=O) groups excluding carboxylic acids is 2. The van der Waals surface area contributed by atoms with Crippen LogP contribution >= 0.6 is 11.6 Å². The molecule has 1 saturated heterocycles. The Bertz CT molecular complexity index is 958. The second-order valence-electron chi connectivity index (χ2n) is 9.05. The largest absolute Gasteiger partial charge is 0.465 e. The van der Waals surface area contributed by atoms with Gasteiger partial charge in [0.15, 0.2) is 0 Å². The number of methoxy groups -OCH3 is 1. The Labute approximate surface area is 200 Å². The van der Waals surface area contributed by atoms with Crippen LogP contribution in [-0.2, 0) is 11.2 Å². The first-order valence-corrected chi connectivity index (χ1v) is 12.1. The number of rotatable bonds is 6. The van der Waals surface area contributed by atoms with E-state index in [0.717, 1.165) is 43.8 Å². The molecule has 0 bridgehead atoms. The van der Waals surface area contributed by atoms with E-state index in [2.05, 4.69) is 27.7 Å². The molecular formula is C26H32ClN3O3. The minimum atomic E-state index is -0.467. The fraction of sp³-hybridized carbons (Fsp3) is 0.462. The molecule has 2 amide bonds. The number of likely N-dealkylation sites (tertiary alicyclic amines) is 1. The summed E-state index contributed by atoms with van der Waals surface area (Å²) in [6, 6.07) is 15.3. The van der Waals surface area contributed by atoms with E-state index in [0.29, 0.717) is 23.2 Å². The van der Waals surface area contributed by atoms with Crippen LogP contribution in [0.15, 0.2) is 48.5 Å². The Balaban J connectivity index is 1.29. The molecule has 2 fully saturated rings. The van der Waals surface area contributed by atoms with Gasteiger partial charge in [-0.3, -0.25) is 4.90 Å². The number of para-hydroxylation sites is 1. The summed E-state index contributed by atoms with van der Waals surface area (Å²) in [4.78, 5) is 27.3. The second kappa shape index (κ2) is 11.0. The predicted octanol–water partition coefficient (Wildman–Crippen LogP) is 5.12. The summed E-state index contributed by atoms with van der Waals surface area (Å²) < 4.78 is 4.82. The van der Waals surface area contributed by atoms with Gasteiger partial charge in [-0.05, 0) is 87.4 Å². The second-order valence-corrected chi connectivity index (χ2v) is 9.49. The standard InChI is InChI=1S/C26H32ClN3O3/c1-33-25(31)21-5-2-3-6-22(21)28-26(32)29-23-7-4-8-24(23)30-15-13-19(14-16-30)17-18-9-11-20(27)12-10-18/h2-3,5-6,9-12,19,23-24H,4,7-8,13-17H2,1H3,(H2,28,29,32). The van der Waals surface area contributed by atoms with E-state index < -0.39 is 5.97 Å². The maximum Gasteiger partial charge on any atom is 0.339 e. The van der Waals surface area contributed by atoms with Crippen LogP contribution in [0, 0.1) is 5.92 Å². The van der Waals surface area contributed by atoms with E-state index in [1.807, 2.05) is 12.1 Å². The molecule has 2 unspecified atom stereocenters. The van der Waals surface area contributed by atoms with Gasteiger partial charge in [-0.1, -0.05) is 35.9 Å². The van der Waals surface area contributed by atoms with E-state index in [-0.39, 0.29) is 12.1 Å². The van der Waals surface area contributed by atoms with Crippen molar-refractivity contribution >= 4 is 29.3 Å². The van der Waals surface area contributed by atoms with E-state index in [1.54, 1.807) is 24.3 Å². The number of nitrogens with zero attached hydrogens (tertiary/aromatic N) is 1. The van der Waals surface area contributed by atoms with Crippen LogP contribution in [0.1, 0.15) is 48.0 Å². The minimum absolute atomic E-state index is 0.114. The zero-order valence-electron chi connectivity index (χ0n) is 19.1. The zero-order valence-corrected chi connectivity index (χ0v) is 19.8. The van der Waals surface area contributed by atoms with Crippen molar-refractivity contribution in [2.75, 3.05) is 25.5 Å². The van der Waals surface area contributed by atoms with Gasteiger partial charge < -0.3 is 15.4 Å². The van der Waals surface area contributed by atoms with Crippen molar-refractivity contribution in [1.29, 1.82) is 0 Å². The zero-order chi connectivity index (χ0) is 23.2. The maximum atomic E-state index is 12.7. The molecule has 33 heavy (non-hydrogen) atoms. The Morgan fingerprint density at radius 1 is 1.03 bits per heavy atom. The van der Waals surface area contributed by atoms with Gasteiger partial charge in [-0.25, -0.2) is 9.59 Å². The quantitative estimate of drug-likeness (QED) is 0.576. The number of amides is 2. The van der Waals surface area contributed by atoms with Gasteiger partial charge in [0.05, 0.1) is 18.4 Å². The molecule has 0 radical (unpaired) electrons. The minimum Gasteiger partial charge on any atom is -0.465 e. The van der Waals surface area contributed by atoms with Gasteiger partial charge in [0, 0.05) is 17.1 Å².